The van der Waals surface area contributed by atoms with Gasteiger partial charge in [0, 0.05) is 12.4 Å². The first-order valence-electron chi connectivity index (χ1n) is 6.86. The number of fused-ring (bicyclic) bond motifs is 1. The van der Waals surface area contributed by atoms with Crippen LogP contribution < -0.4 is 5.73 Å². The molecule has 0 radical (unpaired) electrons. The molecule has 108 valence electrons. The number of imidazole rings is 1. The quantitative estimate of drug-likeness (QED) is 0.783. The maximum absolute atomic E-state index is 5.84. The summed E-state index contributed by atoms with van der Waals surface area (Å²) >= 11 is 1.41. The molecule has 3 heterocycles. The van der Waals surface area contributed by atoms with Crippen molar-refractivity contribution in [2.45, 2.75) is 41.9 Å². The summed E-state index contributed by atoms with van der Waals surface area (Å²) in [6.07, 6.45) is 10.0. The van der Waals surface area contributed by atoms with E-state index in [-0.39, 0.29) is 0 Å². The van der Waals surface area contributed by atoms with Crippen molar-refractivity contribution < 1.29 is 0 Å². The summed E-state index contributed by atoms with van der Waals surface area (Å²) in [7, 11) is 0. The lowest BCUT2D eigenvalue weighted by molar-refractivity contribution is 0.423. The number of anilines is 1. The number of nitrogen functional groups attached to an aromatic ring is 1. The zero-order valence-corrected chi connectivity index (χ0v) is 12.1. The molecule has 0 amide bonds. The number of rotatable bonds is 3. The fourth-order valence-corrected chi connectivity index (χ4v) is 3.64. The minimum absolute atomic E-state index is 0.388. The van der Waals surface area contributed by atoms with Crippen molar-refractivity contribution in [3.05, 3.63) is 18.6 Å². The van der Waals surface area contributed by atoms with Crippen molar-refractivity contribution in [1.82, 2.24) is 34.6 Å². The maximum Gasteiger partial charge on any atom is 0.216 e. The molecular weight excluding hydrogens is 288 g/mol. The molecule has 2 N–H and O–H groups in total. The SMILES string of the molecule is Nc1cn2ccnc2c(Sc2nnnn2C2CCCC2)n1. The van der Waals surface area contributed by atoms with Crippen molar-refractivity contribution in [3.8, 4) is 0 Å². The van der Waals surface area contributed by atoms with Crippen molar-refractivity contribution in [2.75, 3.05) is 5.73 Å². The molecule has 3 aromatic rings. The van der Waals surface area contributed by atoms with Crippen LogP contribution in [0.15, 0.2) is 28.8 Å². The molecule has 1 aliphatic rings. The number of tetrazole rings is 1. The summed E-state index contributed by atoms with van der Waals surface area (Å²) in [5.41, 5.74) is 6.60. The van der Waals surface area contributed by atoms with E-state index in [0.29, 0.717) is 16.9 Å². The standard InChI is InChI=1S/C12H14N8S/c13-9-7-19-6-5-14-10(19)11(15-9)21-12-16-17-18-20(12)8-3-1-2-4-8/h5-8H,1-4,13H2. The summed E-state index contributed by atoms with van der Waals surface area (Å²) < 4.78 is 3.76. The first-order valence-corrected chi connectivity index (χ1v) is 7.68. The second-order valence-corrected chi connectivity index (χ2v) is 6.03. The maximum atomic E-state index is 5.84. The van der Waals surface area contributed by atoms with Gasteiger partial charge in [-0.1, -0.05) is 12.8 Å². The molecule has 9 heteroatoms. The third-order valence-electron chi connectivity index (χ3n) is 3.68. The van der Waals surface area contributed by atoms with Gasteiger partial charge in [0.25, 0.3) is 0 Å². The molecule has 3 aromatic heterocycles. The Hall–Kier alpha value is -2.16. The van der Waals surface area contributed by atoms with Gasteiger partial charge in [0.1, 0.15) is 10.8 Å². The van der Waals surface area contributed by atoms with Gasteiger partial charge in [-0.05, 0) is 35.0 Å². The zero-order chi connectivity index (χ0) is 14.2. The molecule has 4 rings (SSSR count). The van der Waals surface area contributed by atoms with E-state index in [9.17, 15) is 0 Å². The van der Waals surface area contributed by atoms with E-state index in [1.54, 1.807) is 12.4 Å². The Morgan fingerprint density at radius 1 is 1.29 bits per heavy atom. The van der Waals surface area contributed by atoms with Gasteiger partial charge < -0.3 is 10.1 Å². The highest BCUT2D eigenvalue weighted by Gasteiger charge is 2.23. The van der Waals surface area contributed by atoms with Crippen LogP contribution in [0.3, 0.4) is 0 Å². The Morgan fingerprint density at radius 3 is 3.00 bits per heavy atom. The lowest BCUT2D eigenvalue weighted by atomic mass is 10.3. The van der Waals surface area contributed by atoms with Crippen LogP contribution in [0.1, 0.15) is 31.7 Å². The summed E-state index contributed by atoms with van der Waals surface area (Å²) in [6.45, 7) is 0. The van der Waals surface area contributed by atoms with Gasteiger partial charge in [0.15, 0.2) is 5.65 Å². The van der Waals surface area contributed by atoms with Crippen LogP contribution in [0.25, 0.3) is 5.65 Å². The molecule has 0 spiro atoms. The number of nitrogens with two attached hydrogens (primary N) is 1. The lowest BCUT2D eigenvalue weighted by Gasteiger charge is -2.10. The molecular formula is C12H14N8S. The summed E-state index contributed by atoms with van der Waals surface area (Å²) in [4.78, 5) is 8.68. The third kappa shape index (κ3) is 2.23. The number of aromatic nitrogens is 7. The van der Waals surface area contributed by atoms with Gasteiger partial charge >= 0.3 is 0 Å². The molecule has 1 fully saturated rings. The van der Waals surface area contributed by atoms with Crippen molar-refractivity contribution in [1.29, 1.82) is 0 Å². The highest BCUT2D eigenvalue weighted by Crippen LogP contribution is 2.34. The van der Waals surface area contributed by atoms with Gasteiger partial charge in [0.05, 0.1) is 12.2 Å². The number of hydrogen-bond acceptors (Lipinski definition) is 7. The van der Waals surface area contributed by atoms with Crippen molar-refractivity contribution >= 4 is 23.2 Å². The minimum Gasteiger partial charge on any atom is -0.382 e. The summed E-state index contributed by atoms with van der Waals surface area (Å²) in [6, 6.07) is 0.388. The van der Waals surface area contributed by atoms with E-state index in [4.69, 9.17) is 5.73 Å². The van der Waals surface area contributed by atoms with E-state index < -0.39 is 0 Å². The Kier molecular flexibility index (Phi) is 2.99. The average Bonchev–Trinajstić information content (AvgIpc) is 3.18. The van der Waals surface area contributed by atoms with E-state index in [1.165, 1.54) is 24.6 Å². The van der Waals surface area contributed by atoms with Crippen molar-refractivity contribution in [2.24, 2.45) is 0 Å². The van der Waals surface area contributed by atoms with Crippen LogP contribution in [0.5, 0.6) is 0 Å². The van der Waals surface area contributed by atoms with E-state index in [1.807, 2.05) is 15.3 Å². The molecule has 0 bridgehead atoms. The Bertz CT molecular complexity index is 773. The second-order valence-electron chi connectivity index (χ2n) is 5.08. The first kappa shape index (κ1) is 12.6. The smallest absolute Gasteiger partial charge is 0.216 e. The normalized spacial score (nSPS) is 16.0. The van der Waals surface area contributed by atoms with Gasteiger partial charge in [0.2, 0.25) is 5.16 Å². The summed E-state index contributed by atoms with van der Waals surface area (Å²) in [5, 5.41) is 13.5. The molecule has 0 unspecified atom stereocenters. The van der Waals surface area contributed by atoms with Crippen LogP contribution >= 0.6 is 11.8 Å². The Balaban J connectivity index is 1.72. The van der Waals surface area contributed by atoms with Gasteiger partial charge in [-0.25, -0.2) is 14.6 Å². The third-order valence-corrected chi connectivity index (χ3v) is 4.60. The number of hydrogen-bond donors (Lipinski definition) is 1. The topological polar surface area (TPSA) is 99.8 Å². The van der Waals surface area contributed by atoms with Crippen LogP contribution in [0.4, 0.5) is 5.82 Å². The second kappa shape index (κ2) is 4.99. The molecule has 0 atom stereocenters. The molecule has 1 saturated carbocycles. The number of nitrogens with zero attached hydrogens (tertiary/aromatic N) is 7. The Labute approximate surface area is 124 Å². The van der Waals surface area contributed by atoms with Crippen molar-refractivity contribution in [3.63, 3.8) is 0 Å². The molecule has 8 nitrogen and oxygen atoms in total. The average molecular weight is 302 g/mol. The monoisotopic (exact) mass is 302 g/mol. The van der Waals surface area contributed by atoms with E-state index >= 15 is 0 Å². The van der Waals surface area contributed by atoms with Gasteiger partial charge in [-0.3, -0.25) is 0 Å². The molecule has 0 saturated heterocycles. The highest BCUT2D eigenvalue weighted by molar-refractivity contribution is 7.99. The molecule has 1 aliphatic carbocycles. The lowest BCUT2D eigenvalue weighted by Crippen LogP contribution is -2.08. The largest absolute Gasteiger partial charge is 0.382 e. The predicted octanol–water partition coefficient (Wildman–Crippen LogP) is 1.56. The molecule has 0 aliphatic heterocycles. The van der Waals surface area contributed by atoms with Gasteiger partial charge in [-0.2, -0.15) is 0 Å². The zero-order valence-electron chi connectivity index (χ0n) is 11.3. The van der Waals surface area contributed by atoms with Gasteiger partial charge in [-0.15, -0.1) is 5.10 Å². The predicted molar refractivity (Wildman–Crippen MR) is 76.8 cm³/mol. The first-order chi connectivity index (χ1) is 10.3. The van der Waals surface area contributed by atoms with Crippen LogP contribution in [0, 0.1) is 0 Å². The molecule has 21 heavy (non-hydrogen) atoms. The fraction of sp³-hybridized carbons (Fsp3) is 0.417. The minimum atomic E-state index is 0.388. The van der Waals surface area contributed by atoms with Crippen LogP contribution in [0.2, 0.25) is 0 Å². The summed E-state index contributed by atoms with van der Waals surface area (Å²) in [5.74, 6) is 0.447. The fourth-order valence-electron chi connectivity index (χ4n) is 2.71. The van der Waals surface area contributed by atoms with Crippen LogP contribution in [-0.4, -0.2) is 34.6 Å². The Morgan fingerprint density at radius 2 is 2.14 bits per heavy atom. The van der Waals surface area contributed by atoms with E-state index in [0.717, 1.165) is 23.6 Å². The van der Waals surface area contributed by atoms with Crippen LogP contribution in [-0.2, 0) is 0 Å². The highest BCUT2D eigenvalue weighted by atomic mass is 32.2. The molecule has 0 aromatic carbocycles. The van der Waals surface area contributed by atoms with E-state index in [2.05, 4.69) is 25.5 Å².